The fourth-order valence-electron chi connectivity index (χ4n) is 6.50. The van der Waals surface area contributed by atoms with Crippen molar-refractivity contribution in [1.82, 2.24) is 24.8 Å². The molecule has 17 heteroatoms. The number of piperazine rings is 1. The summed E-state index contributed by atoms with van der Waals surface area (Å²) in [5.74, 6) is 0.383. The van der Waals surface area contributed by atoms with Crippen LogP contribution in [0.2, 0.25) is 5.02 Å². The van der Waals surface area contributed by atoms with Crippen molar-refractivity contribution in [1.29, 1.82) is 0 Å². The normalized spacial score (nSPS) is 17.2. The van der Waals surface area contributed by atoms with Crippen molar-refractivity contribution in [3.8, 4) is 5.75 Å². The summed E-state index contributed by atoms with van der Waals surface area (Å²) in [4.78, 5) is 20.2. The number of rotatable bonds is 9. The molecule has 0 radical (unpaired) electrons. The van der Waals surface area contributed by atoms with Crippen molar-refractivity contribution in [3.63, 3.8) is 0 Å². The number of benzene rings is 2. The third kappa shape index (κ3) is 7.05. The molecule has 6 rings (SSSR count). The molecule has 2 aromatic heterocycles. The van der Waals surface area contributed by atoms with Crippen LogP contribution >= 0.6 is 22.9 Å². The lowest BCUT2D eigenvalue weighted by molar-refractivity contribution is 0.0982. The van der Waals surface area contributed by atoms with Gasteiger partial charge in [-0.3, -0.25) is 4.90 Å². The number of piperidine rings is 1. The lowest BCUT2D eigenvalue weighted by Gasteiger charge is -2.43. The number of nitrogens with zero attached hydrogens (tertiary/aromatic N) is 7. The highest BCUT2D eigenvalue weighted by Gasteiger charge is 2.32. The maximum atomic E-state index is 13.3. The van der Waals surface area contributed by atoms with Gasteiger partial charge in [-0.25, -0.2) is 31.1 Å². The predicted octanol–water partition coefficient (Wildman–Crippen LogP) is 4.52. The van der Waals surface area contributed by atoms with Gasteiger partial charge in [-0.15, -0.1) is 11.3 Å². The van der Waals surface area contributed by atoms with Crippen LogP contribution in [0.1, 0.15) is 18.4 Å². The number of nitrogens with one attached hydrogen (secondary N) is 1. The number of ether oxygens (including phenoxy) is 1. The van der Waals surface area contributed by atoms with Crippen molar-refractivity contribution in [2.45, 2.75) is 30.7 Å². The molecule has 2 aliphatic rings. The smallest absolute Gasteiger partial charge is 0.237 e. The number of likely N-dealkylation sites (N-methyl/N-ethyl adjacent to an activating group) is 1. The SMILES string of the molecule is COc1cc(N2CCC(N3CCN(C)CC3)CC2)c(C)cc1Nc1ncc(Cl)c(N(c2ccc3scnc3c2S(C)(=O)=O)S(C)(=O)=O)n1. The number of anilines is 5. The topological polar surface area (TPSA) is 141 Å². The predicted molar refractivity (Wildman–Crippen MR) is 192 cm³/mol. The first-order valence-electron chi connectivity index (χ1n) is 15.5. The molecule has 48 heavy (non-hydrogen) atoms. The van der Waals surface area contributed by atoms with E-state index in [1.54, 1.807) is 13.2 Å². The largest absolute Gasteiger partial charge is 0.494 e. The highest BCUT2D eigenvalue weighted by molar-refractivity contribution is 7.93. The first-order chi connectivity index (χ1) is 22.7. The van der Waals surface area contributed by atoms with Gasteiger partial charge in [0.25, 0.3) is 0 Å². The Kier molecular flexibility index (Phi) is 9.77. The summed E-state index contributed by atoms with van der Waals surface area (Å²) in [5, 5.41) is 3.06. The minimum Gasteiger partial charge on any atom is -0.494 e. The number of thiazole rings is 1. The number of hydrogen-bond donors (Lipinski definition) is 1. The van der Waals surface area contributed by atoms with Crippen molar-refractivity contribution in [2.24, 2.45) is 0 Å². The Balaban J connectivity index is 1.29. The van der Waals surface area contributed by atoms with Crippen molar-refractivity contribution in [3.05, 3.63) is 46.6 Å². The molecule has 4 aromatic rings. The first kappa shape index (κ1) is 34.6. The molecule has 0 saturated carbocycles. The minimum absolute atomic E-state index is 0.0390. The highest BCUT2D eigenvalue weighted by Crippen LogP contribution is 2.41. The average Bonchev–Trinajstić information content (AvgIpc) is 3.51. The number of sulfonamides is 1. The Morgan fingerprint density at radius 2 is 1.73 bits per heavy atom. The summed E-state index contributed by atoms with van der Waals surface area (Å²) in [6.07, 6.45) is 5.42. The number of hydrogen-bond acceptors (Lipinski definition) is 13. The van der Waals surface area contributed by atoms with Crippen LogP contribution in [0.25, 0.3) is 10.2 Å². The van der Waals surface area contributed by atoms with Gasteiger partial charge in [-0.05, 0) is 50.6 Å². The Hall–Kier alpha value is -3.28. The molecular formula is C31H39ClN8O5S3. The fraction of sp³-hybridized carbons (Fsp3) is 0.452. The third-order valence-corrected chi connectivity index (χ3v) is 12.1. The van der Waals surface area contributed by atoms with Gasteiger partial charge in [0.15, 0.2) is 15.7 Å². The van der Waals surface area contributed by atoms with E-state index in [1.807, 2.05) is 19.1 Å². The van der Waals surface area contributed by atoms with Crippen LogP contribution in [0.5, 0.6) is 5.75 Å². The number of methoxy groups -OCH3 is 1. The van der Waals surface area contributed by atoms with E-state index >= 15 is 0 Å². The molecule has 0 atom stereocenters. The Labute approximate surface area is 290 Å². The minimum atomic E-state index is -4.16. The average molecular weight is 735 g/mol. The standard InChI is InChI=1S/C31H39ClN8O5S3/c1-20-16-23(26(45-3)17-25(20)39-10-8-21(9-11-39)38-14-12-37(2)13-15-38)35-31-33-18-22(32)30(36-31)40(48(5,43)44)24-6-7-27-28(34-19-46-27)29(24)47(4,41)42/h6-7,16-19,21H,8-15H2,1-5H3,(H,33,35,36). The summed E-state index contributed by atoms with van der Waals surface area (Å²) in [7, 11) is -4.34. The monoisotopic (exact) mass is 734 g/mol. The van der Waals surface area contributed by atoms with Crippen LogP contribution in [0.4, 0.5) is 28.8 Å². The molecule has 1 N–H and O–H groups in total. The molecule has 0 aliphatic carbocycles. The second-order valence-corrected chi connectivity index (χ2v) is 17.4. The van der Waals surface area contributed by atoms with Gasteiger partial charge < -0.3 is 19.9 Å². The molecule has 258 valence electrons. The van der Waals surface area contributed by atoms with Crippen molar-refractivity contribution >= 4 is 81.8 Å². The van der Waals surface area contributed by atoms with Crippen LogP contribution in [0, 0.1) is 6.92 Å². The number of fused-ring (bicyclic) bond motifs is 1. The van der Waals surface area contributed by atoms with E-state index in [9.17, 15) is 16.8 Å². The van der Waals surface area contributed by atoms with Gasteiger partial charge in [0, 0.05) is 63.3 Å². The fourth-order valence-corrected chi connectivity index (χ4v) is 9.54. The molecule has 0 bridgehead atoms. The molecule has 4 heterocycles. The summed E-state index contributed by atoms with van der Waals surface area (Å²) in [6.45, 7) is 8.38. The molecule has 2 saturated heterocycles. The summed E-state index contributed by atoms with van der Waals surface area (Å²) >= 11 is 7.76. The van der Waals surface area contributed by atoms with Crippen LogP contribution in [0.3, 0.4) is 0 Å². The number of halogens is 1. The van der Waals surface area contributed by atoms with Gasteiger partial charge in [-0.1, -0.05) is 11.6 Å². The molecule has 0 unspecified atom stereocenters. The Morgan fingerprint density at radius 3 is 2.38 bits per heavy atom. The molecule has 2 aliphatic heterocycles. The summed E-state index contributed by atoms with van der Waals surface area (Å²) < 4.78 is 59.8. The van der Waals surface area contributed by atoms with E-state index in [1.165, 1.54) is 29.1 Å². The zero-order chi connectivity index (χ0) is 34.4. The first-order valence-corrected chi connectivity index (χ1v) is 20.5. The van der Waals surface area contributed by atoms with E-state index in [2.05, 4.69) is 42.0 Å². The van der Waals surface area contributed by atoms with E-state index in [0.717, 1.165) is 80.2 Å². The molecule has 13 nitrogen and oxygen atoms in total. The third-order valence-electron chi connectivity index (χ3n) is 8.90. The number of aryl methyl sites for hydroxylation is 1. The maximum absolute atomic E-state index is 13.3. The van der Waals surface area contributed by atoms with Crippen LogP contribution in [-0.2, 0) is 19.9 Å². The van der Waals surface area contributed by atoms with Crippen LogP contribution in [0.15, 0.2) is 40.9 Å². The molecular weight excluding hydrogens is 696 g/mol. The molecule has 2 aromatic carbocycles. The van der Waals surface area contributed by atoms with Gasteiger partial charge in [0.2, 0.25) is 16.0 Å². The van der Waals surface area contributed by atoms with Gasteiger partial charge >= 0.3 is 0 Å². The van der Waals surface area contributed by atoms with Crippen LogP contribution in [-0.4, -0.2) is 114 Å². The highest BCUT2D eigenvalue weighted by atomic mass is 35.5. The quantitative estimate of drug-likeness (QED) is 0.259. The second kappa shape index (κ2) is 13.6. The van der Waals surface area contributed by atoms with Crippen molar-refractivity contribution in [2.75, 3.05) is 80.5 Å². The Morgan fingerprint density at radius 1 is 1.02 bits per heavy atom. The van der Waals surface area contributed by atoms with E-state index in [0.29, 0.717) is 22.2 Å². The number of aromatic nitrogens is 3. The molecule has 2 fully saturated rings. The maximum Gasteiger partial charge on any atom is 0.237 e. The Bertz CT molecular complexity index is 2040. The zero-order valence-corrected chi connectivity index (χ0v) is 30.7. The molecule has 0 amide bonds. The number of sulfone groups is 1. The lowest BCUT2D eigenvalue weighted by Crippen LogP contribution is -2.52. The summed E-state index contributed by atoms with van der Waals surface area (Å²) in [5.41, 5.74) is 4.22. The lowest BCUT2D eigenvalue weighted by atomic mass is 10.0. The second-order valence-electron chi connectivity index (χ2n) is 12.3. The zero-order valence-electron chi connectivity index (χ0n) is 27.5. The van der Waals surface area contributed by atoms with E-state index in [4.69, 9.17) is 16.3 Å². The summed E-state index contributed by atoms with van der Waals surface area (Å²) in [6, 6.07) is 7.58. The van der Waals surface area contributed by atoms with Crippen molar-refractivity contribution < 1.29 is 21.6 Å². The van der Waals surface area contributed by atoms with Gasteiger partial charge in [0.1, 0.15) is 21.2 Å². The van der Waals surface area contributed by atoms with E-state index in [-0.39, 0.29) is 32.9 Å². The molecule has 0 spiro atoms. The van der Waals surface area contributed by atoms with Gasteiger partial charge in [-0.2, -0.15) is 4.98 Å². The van der Waals surface area contributed by atoms with E-state index < -0.39 is 19.9 Å². The van der Waals surface area contributed by atoms with Crippen LogP contribution < -0.4 is 19.3 Å². The van der Waals surface area contributed by atoms with Gasteiger partial charge in [0.05, 0.1) is 41.1 Å².